The minimum atomic E-state index is -0.0871. The van der Waals surface area contributed by atoms with E-state index >= 15 is 0 Å². The van der Waals surface area contributed by atoms with Gasteiger partial charge in [-0.25, -0.2) is 0 Å². The van der Waals surface area contributed by atoms with Crippen molar-refractivity contribution in [1.82, 2.24) is 5.32 Å². The predicted octanol–water partition coefficient (Wildman–Crippen LogP) is 3.21. The number of aromatic hydroxyl groups is 2. The largest absolute Gasteiger partial charge is 0.504 e. The van der Waals surface area contributed by atoms with Crippen molar-refractivity contribution in [2.24, 2.45) is 0 Å². The fraction of sp³-hybridized carbons (Fsp3) is 0.167. The molecule has 1 aromatic carbocycles. The quantitative estimate of drug-likeness (QED) is 0.760. The maximum atomic E-state index is 9.34. The van der Waals surface area contributed by atoms with Crippen LogP contribution >= 0.6 is 27.3 Å². The standard InChI is InChI=1S/C12H12BrNO2S/c13-9-4-10(17-7-9)6-14-5-8-1-2-11(15)12(16)3-8/h1-4,7,14-16H,5-6H2. The Kier molecular flexibility index (Phi) is 4.04. The zero-order valence-electron chi connectivity index (χ0n) is 8.98. The highest BCUT2D eigenvalue weighted by molar-refractivity contribution is 9.10. The van der Waals surface area contributed by atoms with Gasteiger partial charge in [0.15, 0.2) is 11.5 Å². The highest BCUT2D eigenvalue weighted by Crippen LogP contribution is 2.25. The maximum Gasteiger partial charge on any atom is 0.157 e. The number of thiophene rings is 1. The summed E-state index contributed by atoms with van der Waals surface area (Å²) in [4.78, 5) is 1.25. The van der Waals surface area contributed by atoms with Gasteiger partial charge in [0, 0.05) is 27.8 Å². The molecule has 1 aromatic heterocycles. The molecule has 0 fully saturated rings. The topological polar surface area (TPSA) is 52.5 Å². The Bertz CT molecular complexity index is 513. The van der Waals surface area contributed by atoms with E-state index in [1.54, 1.807) is 23.5 Å². The molecule has 0 saturated heterocycles. The Morgan fingerprint density at radius 3 is 2.59 bits per heavy atom. The molecule has 2 aromatic rings. The summed E-state index contributed by atoms with van der Waals surface area (Å²) in [6.45, 7) is 1.45. The van der Waals surface area contributed by atoms with Crippen molar-refractivity contribution in [3.63, 3.8) is 0 Å². The number of benzene rings is 1. The molecule has 0 spiro atoms. The zero-order valence-corrected chi connectivity index (χ0v) is 11.4. The summed E-state index contributed by atoms with van der Waals surface area (Å²) in [5.41, 5.74) is 0.941. The number of halogens is 1. The molecule has 1 heterocycles. The van der Waals surface area contributed by atoms with Gasteiger partial charge in [-0.05, 0) is 39.7 Å². The first-order valence-corrected chi connectivity index (χ1v) is 6.77. The number of rotatable bonds is 4. The van der Waals surface area contributed by atoms with E-state index in [9.17, 15) is 10.2 Å². The van der Waals surface area contributed by atoms with Crippen molar-refractivity contribution in [2.75, 3.05) is 0 Å². The highest BCUT2D eigenvalue weighted by Gasteiger charge is 2.01. The molecule has 0 radical (unpaired) electrons. The van der Waals surface area contributed by atoms with Gasteiger partial charge >= 0.3 is 0 Å². The van der Waals surface area contributed by atoms with Gasteiger partial charge in [-0.15, -0.1) is 11.3 Å². The molecule has 3 N–H and O–H groups in total. The van der Waals surface area contributed by atoms with Crippen LogP contribution in [-0.4, -0.2) is 10.2 Å². The average Bonchev–Trinajstić information content (AvgIpc) is 2.70. The lowest BCUT2D eigenvalue weighted by Gasteiger charge is -2.05. The van der Waals surface area contributed by atoms with Crippen molar-refractivity contribution in [3.8, 4) is 11.5 Å². The summed E-state index contributed by atoms with van der Waals surface area (Å²) in [6.07, 6.45) is 0. The molecule has 0 atom stereocenters. The average molecular weight is 314 g/mol. The van der Waals surface area contributed by atoms with Gasteiger partial charge in [-0.3, -0.25) is 0 Å². The molecule has 90 valence electrons. The molecule has 0 bridgehead atoms. The molecule has 5 heteroatoms. The third-order valence-corrected chi connectivity index (χ3v) is 3.99. The van der Waals surface area contributed by atoms with E-state index < -0.39 is 0 Å². The number of phenols is 2. The van der Waals surface area contributed by atoms with Crippen molar-refractivity contribution in [3.05, 3.63) is 44.6 Å². The summed E-state index contributed by atoms with van der Waals surface area (Å²) >= 11 is 5.10. The number of hydrogen-bond acceptors (Lipinski definition) is 4. The number of hydrogen-bond donors (Lipinski definition) is 3. The van der Waals surface area contributed by atoms with Crippen LogP contribution in [0.5, 0.6) is 11.5 Å². The van der Waals surface area contributed by atoms with Gasteiger partial charge in [0.05, 0.1) is 0 Å². The Labute approximate surface area is 112 Å². The SMILES string of the molecule is Oc1ccc(CNCc2cc(Br)cs2)cc1O. The van der Waals surface area contributed by atoms with Crippen molar-refractivity contribution >= 4 is 27.3 Å². The number of nitrogens with one attached hydrogen (secondary N) is 1. The van der Waals surface area contributed by atoms with Crippen LogP contribution in [0, 0.1) is 0 Å². The lowest BCUT2D eigenvalue weighted by molar-refractivity contribution is 0.403. The van der Waals surface area contributed by atoms with Gasteiger partial charge < -0.3 is 15.5 Å². The second-order valence-corrected chi connectivity index (χ2v) is 5.57. The van der Waals surface area contributed by atoms with Crippen LogP contribution in [0.1, 0.15) is 10.4 Å². The molecule has 0 aliphatic rings. The zero-order chi connectivity index (χ0) is 12.3. The third-order valence-electron chi connectivity index (χ3n) is 2.29. The second kappa shape index (κ2) is 5.53. The van der Waals surface area contributed by atoms with Gasteiger partial charge in [0.1, 0.15) is 0 Å². The summed E-state index contributed by atoms with van der Waals surface area (Å²) in [5, 5.41) is 23.8. The molecule has 17 heavy (non-hydrogen) atoms. The summed E-state index contributed by atoms with van der Waals surface area (Å²) in [5.74, 6) is -0.167. The lowest BCUT2D eigenvalue weighted by Crippen LogP contribution is -2.11. The van der Waals surface area contributed by atoms with E-state index in [0.29, 0.717) is 6.54 Å². The molecule has 0 aliphatic carbocycles. The highest BCUT2D eigenvalue weighted by atomic mass is 79.9. The number of phenolic OH excluding ortho intramolecular Hbond substituents is 2. The molecular weight excluding hydrogens is 302 g/mol. The van der Waals surface area contributed by atoms with Gasteiger partial charge in [0.2, 0.25) is 0 Å². The fourth-order valence-electron chi connectivity index (χ4n) is 1.46. The molecule has 2 rings (SSSR count). The van der Waals surface area contributed by atoms with Crippen molar-refractivity contribution < 1.29 is 10.2 Å². The molecule has 0 amide bonds. The first-order chi connectivity index (χ1) is 8.15. The Hall–Kier alpha value is -1.04. The minimum absolute atomic E-state index is 0.0804. The van der Waals surface area contributed by atoms with Crippen LogP contribution < -0.4 is 5.32 Å². The Morgan fingerprint density at radius 1 is 1.12 bits per heavy atom. The van der Waals surface area contributed by atoms with E-state index in [2.05, 4.69) is 27.3 Å². The fourth-order valence-corrected chi connectivity index (χ4v) is 2.88. The summed E-state index contributed by atoms with van der Waals surface area (Å²) < 4.78 is 1.10. The monoisotopic (exact) mass is 313 g/mol. The van der Waals surface area contributed by atoms with E-state index in [0.717, 1.165) is 16.6 Å². The van der Waals surface area contributed by atoms with Crippen LogP contribution in [0.3, 0.4) is 0 Å². The third kappa shape index (κ3) is 3.46. The van der Waals surface area contributed by atoms with Crippen molar-refractivity contribution in [2.45, 2.75) is 13.1 Å². The molecule has 0 saturated carbocycles. The first-order valence-electron chi connectivity index (χ1n) is 5.09. The smallest absolute Gasteiger partial charge is 0.157 e. The first kappa shape index (κ1) is 12.4. The molecule has 0 aliphatic heterocycles. The van der Waals surface area contributed by atoms with Crippen molar-refractivity contribution in [1.29, 1.82) is 0 Å². The van der Waals surface area contributed by atoms with Gasteiger partial charge in [-0.1, -0.05) is 6.07 Å². The minimum Gasteiger partial charge on any atom is -0.504 e. The van der Waals surface area contributed by atoms with E-state index in [1.807, 2.05) is 5.38 Å². The molecular formula is C12H12BrNO2S. The van der Waals surface area contributed by atoms with E-state index in [1.165, 1.54) is 10.9 Å². The summed E-state index contributed by atoms with van der Waals surface area (Å²) in [6, 6.07) is 6.92. The van der Waals surface area contributed by atoms with E-state index in [-0.39, 0.29) is 11.5 Å². The molecule has 0 unspecified atom stereocenters. The second-order valence-electron chi connectivity index (χ2n) is 3.66. The molecule has 3 nitrogen and oxygen atoms in total. The van der Waals surface area contributed by atoms with Gasteiger partial charge in [-0.2, -0.15) is 0 Å². The van der Waals surface area contributed by atoms with Gasteiger partial charge in [0.25, 0.3) is 0 Å². The van der Waals surface area contributed by atoms with Crippen LogP contribution in [0.25, 0.3) is 0 Å². The Morgan fingerprint density at radius 2 is 1.94 bits per heavy atom. The maximum absolute atomic E-state index is 9.34. The van der Waals surface area contributed by atoms with E-state index in [4.69, 9.17) is 0 Å². The predicted molar refractivity (Wildman–Crippen MR) is 72.3 cm³/mol. The Balaban J connectivity index is 1.87. The summed E-state index contributed by atoms with van der Waals surface area (Å²) in [7, 11) is 0. The van der Waals surface area contributed by atoms with Crippen LogP contribution in [-0.2, 0) is 13.1 Å². The van der Waals surface area contributed by atoms with Crippen LogP contribution in [0.2, 0.25) is 0 Å². The normalized spacial score (nSPS) is 10.6. The lowest BCUT2D eigenvalue weighted by atomic mass is 10.2. The van der Waals surface area contributed by atoms with Crippen LogP contribution in [0.4, 0.5) is 0 Å². The van der Waals surface area contributed by atoms with Crippen LogP contribution in [0.15, 0.2) is 34.1 Å².